The second-order valence-electron chi connectivity index (χ2n) is 5.44. The Labute approximate surface area is 120 Å². The summed E-state index contributed by atoms with van der Waals surface area (Å²) in [5.41, 5.74) is 1.92. The van der Waals surface area contributed by atoms with Crippen LogP contribution in [0.15, 0.2) is 42.7 Å². The van der Waals surface area contributed by atoms with Crippen LogP contribution >= 0.6 is 0 Å². The second-order valence-corrected chi connectivity index (χ2v) is 5.44. The maximum Gasteiger partial charge on any atom is 0.0628 e. The predicted molar refractivity (Wildman–Crippen MR) is 81.4 cm³/mol. The molecular weight excluding hydrogens is 250 g/mol. The minimum absolute atomic E-state index is 0.0908. The first-order valence-corrected chi connectivity index (χ1v) is 7.10. The maximum atomic E-state index is 9.59. The van der Waals surface area contributed by atoms with Crippen molar-refractivity contribution < 1.29 is 5.11 Å². The Balaban J connectivity index is 2.09. The molecule has 0 radical (unpaired) electrons. The van der Waals surface area contributed by atoms with Gasteiger partial charge in [-0.2, -0.15) is 5.10 Å². The van der Waals surface area contributed by atoms with Crippen LogP contribution in [0.2, 0.25) is 0 Å². The molecule has 1 atom stereocenters. The van der Waals surface area contributed by atoms with E-state index in [0.717, 1.165) is 24.1 Å². The molecule has 1 unspecified atom stereocenters. The third kappa shape index (κ3) is 3.68. The van der Waals surface area contributed by atoms with Gasteiger partial charge in [-0.25, -0.2) is 0 Å². The Hall–Kier alpha value is -1.65. The van der Waals surface area contributed by atoms with Crippen molar-refractivity contribution in [2.24, 2.45) is 0 Å². The van der Waals surface area contributed by atoms with Crippen LogP contribution in [0, 0.1) is 0 Å². The summed E-state index contributed by atoms with van der Waals surface area (Å²) in [7, 11) is 0. The minimum atomic E-state index is -0.337. The Morgan fingerprint density at radius 1 is 1.25 bits per heavy atom. The first-order chi connectivity index (χ1) is 9.67. The molecule has 0 spiro atoms. The lowest BCUT2D eigenvalue weighted by molar-refractivity contribution is 0.153. The summed E-state index contributed by atoms with van der Waals surface area (Å²) >= 11 is 0. The molecule has 108 valence electrons. The van der Waals surface area contributed by atoms with Gasteiger partial charge in [0.25, 0.3) is 0 Å². The van der Waals surface area contributed by atoms with Gasteiger partial charge in [0.1, 0.15) is 0 Å². The first kappa shape index (κ1) is 14.8. The molecule has 2 N–H and O–H groups in total. The van der Waals surface area contributed by atoms with Gasteiger partial charge in [-0.1, -0.05) is 37.3 Å². The van der Waals surface area contributed by atoms with E-state index in [-0.39, 0.29) is 12.1 Å². The van der Waals surface area contributed by atoms with Crippen molar-refractivity contribution >= 4 is 0 Å². The Morgan fingerprint density at radius 3 is 2.65 bits per heavy atom. The summed E-state index contributed by atoms with van der Waals surface area (Å²) in [4.78, 5) is 0. The van der Waals surface area contributed by atoms with Gasteiger partial charge in [0, 0.05) is 11.8 Å². The second kappa shape index (κ2) is 6.68. The van der Waals surface area contributed by atoms with E-state index in [1.165, 1.54) is 0 Å². The molecule has 2 rings (SSSR count). The molecule has 1 aromatic carbocycles. The van der Waals surface area contributed by atoms with Crippen molar-refractivity contribution in [2.75, 3.05) is 13.2 Å². The third-order valence-corrected chi connectivity index (χ3v) is 3.40. The Kier molecular flexibility index (Phi) is 4.93. The monoisotopic (exact) mass is 273 g/mol. The van der Waals surface area contributed by atoms with Crippen molar-refractivity contribution in [2.45, 2.75) is 32.4 Å². The molecular formula is C16H23N3O. The van der Waals surface area contributed by atoms with Gasteiger partial charge in [0.05, 0.1) is 24.9 Å². The summed E-state index contributed by atoms with van der Waals surface area (Å²) < 4.78 is 1.89. The van der Waals surface area contributed by atoms with E-state index < -0.39 is 0 Å². The molecule has 0 aliphatic rings. The zero-order chi connectivity index (χ0) is 14.4. The molecule has 4 heteroatoms. The molecule has 0 amide bonds. The fraction of sp³-hybridized carbons (Fsp3) is 0.438. The summed E-state index contributed by atoms with van der Waals surface area (Å²) in [5, 5.41) is 17.4. The van der Waals surface area contributed by atoms with Crippen molar-refractivity contribution in [3.05, 3.63) is 42.7 Å². The van der Waals surface area contributed by atoms with Crippen LogP contribution in [-0.4, -0.2) is 33.6 Å². The fourth-order valence-corrected chi connectivity index (χ4v) is 2.18. The van der Waals surface area contributed by atoms with Gasteiger partial charge < -0.3 is 10.4 Å². The maximum absolute atomic E-state index is 9.59. The van der Waals surface area contributed by atoms with Crippen LogP contribution in [0.1, 0.15) is 20.3 Å². The average Bonchev–Trinajstić information content (AvgIpc) is 2.94. The summed E-state index contributed by atoms with van der Waals surface area (Å²) in [6.07, 6.45) is 4.94. The lowest BCUT2D eigenvalue weighted by Gasteiger charge is -2.28. The highest BCUT2D eigenvalue weighted by atomic mass is 16.3. The largest absolute Gasteiger partial charge is 0.394 e. The number of aliphatic hydroxyl groups excluding tert-OH is 1. The first-order valence-electron chi connectivity index (χ1n) is 7.10. The highest BCUT2D eigenvalue weighted by Crippen LogP contribution is 2.18. The number of benzene rings is 1. The van der Waals surface area contributed by atoms with E-state index in [2.05, 4.69) is 29.5 Å². The lowest BCUT2D eigenvalue weighted by Crippen LogP contribution is -2.49. The summed E-state index contributed by atoms with van der Waals surface area (Å²) in [6.45, 7) is 5.77. The van der Waals surface area contributed by atoms with Gasteiger partial charge >= 0.3 is 0 Å². The summed E-state index contributed by atoms with van der Waals surface area (Å²) in [6, 6.07) is 10.2. The number of nitrogens with zero attached hydrogens (tertiary/aromatic N) is 2. The van der Waals surface area contributed by atoms with Crippen LogP contribution < -0.4 is 5.32 Å². The van der Waals surface area contributed by atoms with Crippen molar-refractivity contribution in [1.29, 1.82) is 0 Å². The number of aromatic nitrogens is 2. The van der Waals surface area contributed by atoms with E-state index in [0.29, 0.717) is 6.54 Å². The highest BCUT2D eigenvalue weighted by Gasteiger charge is 2.23. The van der Waals surface area contributed by atoms with Gasteiger partial charge in [0.2, 0.25) is 0 Å². The quantitative estimate of drug-likeness (QED) is 0.814. The van der Waals surface area contributed by atoms with Gasteiger partial charge in [-0.05, 0) is 25.5 Å². The number of nitrogens with one attached hydrogen (secondary N) is 1. The van der Waals surface area contributed by atoms with Gasteiger partial charge in [-0.15, -0.1) is 0 Å². The summed E-state index contributed by atoms with van der Waals surface area (Å²) in [5.74, 6) is 0. The van der Waals surface area contributed by atoms with Gasteiger partial charge in [-0.3, -0.25) is 4.68 Å². The van der Waals surface area contributed by atoms with Crippen LogP contribution in [-0.2, 0) is 6.54 Å². The van der Waals surface area contributed by atoms with Crippen molar-refractivity contribution in [3.63, 3.8) is 0 Å². The molecule has 0 fully saturated rings. The standard InChI is InChI=1S/C16H23N3O/c1-3-9-17-16(2,13-20)12-19-11-15(10-18-19)14-7-5-4-6-8-14/h4-8,10-11,17,20H,3,9,12-13H2,1-2H3. The van der Waals surface area contributed by atoms with Gasteiger partial charge in [0.15, 0.2) is 0 Å². The van der Waals surface area contributed by atoms with E-state index >= 15 is 0 Å². The number of rotatable bonds is 7. The van der Waals surface area contributed by atoms with Crippen LogP contribution in [0.4, 0.5) is 0 Å². The predicted octanol–water partition coefficient (Wildman–Crippen LogP) is 2.30. The van der Waals surface area contributed by atoms with Crippen LogP contribution in [0.5, 0.6) is 0 Å². The lowest BCUT2D eigenvalue weighted by atomic mass is 10.0. The fourth-order valence-electron chi connectivity index (χ4n) is 2.18. The third-order valence-electron chi connectivity index (χ3n) is 3.40. The van der Waals surface area contributed by atoms with Crippen molar-refractivity contribution in [1.82, 2.24) is 15.1 Å². The Morgan fingerprint density at radius 2 is 2.00 bits per heavy atom. The molecule has 1 aromatic heterocycles. The van der Waals surface area contributed by atoms with E-state index in [9.17, 15) is 5.11 Å². The number of hydrogen-bond donors (Lipinski definition) is 2. The molecule has 0 bridgehead atoms. The molecule has 0 saturated heterocycles. The molecule has 0 aliphatic heterocycles. The molecule has 1 heterocycles. The number of aliphatic hydroxyl groups is 1. The molecule has 2 aromatic rings. The average molecular weight is 273 g/mol. The SMILES string of the molecule is CCCNC(C)(CO)Cn1cc(-c2ccccc2)cn1. The van der Waals surface area contributed by atoms with Crippen LogP contribution in [0.25, 0.3) is 11.1 Å². The van der Waals surface area contributed by atoms with E-state index in [1.54, 1.807) is 0 Å². The molecule has 0 saturated carbocycles. The van der Waals surface area contributed by atoms with Crippen LogP contribution in [0.3, 0.4) is 0 Å². The van der Waals surface area contributed by atoms with Crippen molar-refractivity contribution in [3.8, 4) is 11.1 Å². The normalized spacial score (nSPS) is 14.2. The van der Waals surface area contributed by atoms with E-state index in [4.69, 9.17) is 0 Å². The smallest absolute Gasteiger partial charge is 0.0628 e. The minimum Gasteiger partial charge on any atom is -0.394 e. The zero-order valence-corrected chi connectivity index (χ0v) is 12.2. The Bertz CT molecular complexity index is 524. The highest BCUT2D eigenvalue weighted by molar-refractivity contribution is 5.61. The van der Waals surface area contributed by atoms with E-state index in [1.807, 2.05) is 42.2 Å². The molecule has 4 nitrogen and oxygen atoms in total. The molecule has 20 heavy (non-hydrogen) atoms. The molecule has 0 aliphatic carbocycles. The topological polar surface area (TPSA) is 50.1 Å². The zero-order valence-electron chi connectivity index (χ0n) is 12.2. The number of hydrogen-bond acceptors (Lipinski definition) is 3.